The molecule has 0 radical (unpaired) electrons. The molecule has 0 aromatic carbocycles. The summed E-state index contributed by atoms with van der Waals surface area (Å²) >= 11 is 14.2. The third-order valence-electron chi connectivity index (χ3n) is 1.37. The summed E-state index contributed by atoms with van der Waals surface area (Å²) in [7, 11) is 0. The van der Waals surface area contributed by atoms with Crippen molar-refractivity contribution >= 4 is 39.1 Å². The third-order valence-corrected chi connectivity index (χ3v) is 2.55. The van der Waals surface area contributed by atoms with E-state index in [9.17, 15) is 8.78 Å². The summed E-state index contributed by atoms with van der Waals surface area (Å²) in [4.78, 5) is 3.73. The highest BCUT2D eigenvalue weighted by Crippen LogP contribution is 2.32. The minimum absolute atomic E-state index is 0.0514. The molecule has 0 unspecified atom stereocenters. The molecule has 0 bridgehead atoms. The SMILES string of the molecule is FC(F)c1c(Cl)cc(CBr)nc1Cl. The highest BCUT2D eigenvalue weighted by atomic mass is 79.9. The summed E-state index contributed by atoms with van der Waals surface area (Å²) in [6, 6.07) is 1.36. The zero-order valence-corrected chi connectivity index (χ0v) is 9.30. The van der Waals surface area contributed by atoms with Crippen LogP contribution in [0.5, 0.6) is 0 Å². The summed E-state index contributed by atoms with van der Waals surface area (Å²) in [6.07, 6.45) is -2.70. The van der Waals surface area contributed by atoms with Gasteiger partial charge in [-0.25, -0.2) is 13.8 Å². The van der Waals surface area contributed by atoms with Crippen molar-refractivity contribution in [1.29, 1.82) is 0 Å². The molecule has 72 valence electrons. The van der Waals surface area contributed by atoms with E-state index in [2.05, 4.69) is 20.9 Å². The topological polar surface area (TPSA) is 12.9 Å². The average Bonchev–Trinajstić information content (AvgIpc) is 2.02. The van der Waals surface area contributed by atoms with Crippen LogP contribution in [0.25, 0.3) is 0 Å². The van der Waals surface area contributed by atoms with Crippen molar-refractivity contribution in [3.63, 3.8) is 0 Å². The predicted molar refractivity (Wildman–Crippen MR) is 51.8 cm³/mol. The van der Waals surface area contributed by atoms with E-state index in [4.69, 9.17) is 23.2 Å². The van der Waals surface area contributed by atoms with Gasteiger partial charge in [-0.05, 0) is 6.07 Å². The lowest BCUT2D eigenvalue weighted by molar-refractivity contribution is 0.151. The minimum Gasteiger partial charge on any atom is -0.240 e. The Kier molecular flexibility index (Phi) is 3.88. The van der Waals surface area contributed by atoms with Gasteiger partial charge in [0.05, 0.1) is 16.3 Å². The normalized spacial score (nSPS) is 10.9. The van der Waals surface area contributed by atoms with E-state index in [1.165, 1.54) is 6.07 Å². The highest BCUT2D eigenvalue weighted by molar-refractivity contribution is 9.08. The number of nitrogens with zero attached hydrogens (tertiary/aromatic N) is 1. The molecule has 0 amide bonds. The lowest BCUT2D eigenvalue weighted by Gasteiger charge is -2.06. The molecule has 1 aromatic rings. The standard InChI is InChI=1S/C7H4BrCl2F2N/c8-2-3-1-4(9)5(7(11)12)6(10)13-3/h1,7H,2H2. The third kappa shape index (κ3) is 2.51. The first-order chi connectivity index (χ1) is 6.06. The maximum absolute atomic E-state index is 12.3. The first-order valence-corrected chi connectivity index (χ1v) is 5.13. The smallest absolute Gasteiger partial charge is 0.240 e. The molecule has 0 fully saturated rings. The number of hydrogen-bond donors (Lipinski definition) is 0. The molecule has 0 spiro atoms. The van der Waals surface area contributed by atoms with Crippen molar-refractivity contribution in [3.8, 4) is 0 Å². The summed E-state index contributed by atoms with van der Waals surface area (Å²) in [6.45, 7) is 0. The molecule has 0 saturated heterocycles. The zero-order chi connectivity index (χ0) is 10.0. The second kappa shape index (κ2) is 4.53. The Bertz CT molecular complexity index is 296. The molecule has 0 atom stereocenters. The van der Waals surface area contributed by atoms with Crippen molar-refractivity contribution < 1.29 is 8.78 Å². The fraction of sp³-hybridized carbons (Fsp3) is 0.286. The van der Waals surface area contributed by atoms with Crippen LogP contribution in [0, 0.1) is 0 Å². The molecule has 1 nitrogen and oxygen atoms in total. The van der Waals surface area contributed by atoms with Crippen molar-refractivity contribution in [3.05, 3.63) is 27.5 Å². The largest absolute Gasteiger partial charge is 0.268 e. The van der Waals surface area contributed by atoms with Gasteiger partial charge in [0.15, 0.2) is 0 Å². The van der Waals surface area contributed by atoms with Gasteiger partial charge in [-0.2, -0.15) is 0 Å². The van der Waals surface area contributed by atoms with E-state index < -0.39 is 12.0 Å². The number of hydrogen-bond acceptors (Lipinski definition) is 1. The number of rotatable bonds is 2. The van der Waals surface area contributed by atoms with Gasteiger partial charge in [0.1, 0.15) is 5.15 Å². The molecule has 13 heavy (non-hydrogen) atoms. The fourth-order valence-corrected chi connectivity index (χ4v) is 1.73. The van der Waals surface area contributed by atoms with Crippen LogP contribution in [-0.4, -0.2) is 4.98 Å². The summed E-state index contributed by atoms with van der Waals surface area (Å²) in [5, 5.41) is 0.136. The molecule has 0 aliphatic heterocycles. The van der Waals surface area contributed by atoms with Gasteiger partial charge in [0.2, 0.25) is 0 Å². The van der Waals surface area contributed by atoms with Gasteiger partial charge in [-0.3, -0.25) is 0 Å². The predicted octanol–water partition coefficient (Wildman–Crippen LogP) is 4.22. The van der Waals surface area contributed by atoms with Crippen LogP contribution in [0.2, 0.25) is 10.2 Å². The molecule has 0 N–H and O–H groups in total. The lowest BCUT2D eigenvalue weighted by atomic mass is 10.2. The van der Waals surface area contributed by atoms with Crippen LogP contribution in [-0.2, 0) is 5.33 Å². The van der Waals surface area contributed by atoms with Gasteiger partial charge in [0, 0.05) is 5.33 Å². The van der Waals surface area contributed by atoms with E-state index in [0.717, 1.165) is 0 Å². The van der Waals surface area contributed by atoms with Gasteiger partial charge in [-0.1, -0.05) is 39.1 Å². The van der Waals surface area contributed by atoms with Crippen LogP contribution in [0.3, 0.4) is 0 Å². The Hall–Kier alpha value is 0.0700. The Morgan fingerprint density at radius 2 is 2.08 bits per heavy atom. The minimum atomic E-state index is -2.70. The van der Waals surface area contributed by atoms with Crippen molar-refractivity contribution in [1.82, 2.24) is 4.98 Å². The van der Waals surface area contributed by atoms with E-state index in [-0.39, 0.29) is 10.2 Å². The molecule has 1 heterocycles. The Morgan fingerprint density at radius 1 is 1.46 bits per heavy atom. The Labute approximate surface area is 92.2 Å². The van der Waals surface area contributed by atoms with Crippen LogP contribution in [0.1, 0.15) is 17.7 Å². The zero-order valence-electron chi connectivity index (χ0n) is 6.20. The molecule has 1 rings (SSSR count). The quantitative estimate of drug-likeness (QED) is 0.587. The molecule has 0 aliphatic carbocycles. The van der Waals surface area contributed by atoms with Crippen molar-refractivity contribution in [2.24, 2.45) is 0 Å². The fourth-order valence-electron chi connectivity index (χ4n) is 0.804. The molecule has 0 saturated carbocycles. The van der Waals surface area contributed by atoms with Gasteiger partial charge in [-0.15, -0.1) is 0 Å². The molecule has 1 aromatic heterocycles. The number of alkyl halides is 3. The highest BCUT2D eigenvalue weighted by Gasteiger charge is 2.18. The van der Waals surface area contributed by atoms with E-state index >= 15 is 0 Å². The van der Waals surface area contributed by atoms with Crippen LogP contribution >= 0.6 is 39.1 Å². The average molecular weight is 291 g/mol. The second-order valence-electron chi connectivity index (χ2n) is 2.23. The van der Waals surface area contributed by atoms with Gasteiger partial charge in [0.25, 0.3) is 6.43 Å². The Morgan fingerprint density at radius 3 is 2.46 bits per heavy atom. The monoisotopic (exact) mass is 289 g/mol. The molecule has 6 heteroatoms. The summed E-state index contributed by atoms with van der Waals surface area (Å²) in [5.41, 5.74) is 0.118. The van der Waals surface area contributed by atoms with Crippen LogP contribution < -0.4 is 0 Å². The molecular formula is C7H4BrCl2F2N. The van der Waals surface area contributed by atoms with Crippen LogP contribution in [0.4, 0.5) is 8.78 Å². The molecular weight excluding hydrogens is 287 g/mol. The number of aromatic nitrogens is 1. The summed E-state index contributed by atoms with van der Waals surface area (Å²) in [5.74, 6) is 0. The van der Waals surface area contributed by atoms with Crippen molar-refractivity contribution in [2.45, 2.75) is 11.8 Å². The van der Waals surface area contributed by atoms with Gasteiger partial charge >= 0.3 is 0 Å². The first-order valence-electron chi connectivity index (χ1n) is 3.25. The van der Waals surface area contributed by atoms with E-state index in [1.807, 2.05) is 0 Å². The maximum Gasteiger partial charge on any atom is 0.268 e. The summed E-state index contributed by atoms with van der Waals surface area (Å²) < 4.78 is 24.6. The van der Waals surface area contributed by atoms with E-state index in [1.54, 1.807) is 0 Å². The van der Waals surface area contributed by atoms with Gasteiger partial charge < -0.3 is 0 Å². The van der Waals surface area contributed by atoms with E-state index in [0.29, 0.717) is 11.0 Å². The first kappa shape index (κ1) is 11.1. The second-order valence-corrected chi connectivity index (χ2v) is 3.56. The van der Waals surface area contributed by atoms with Crippen molar-refractivity contribution in [2.75, 3.05) is 0 Å². The maximum atomic E-state index is 12.3. The Balaban J connectivity index is 3.23. The van der Waals surface area contributed by atoms with Crippen LogP contribution in [0.15, 0.2) is 6.07 Å². The number of halogens is 5. The molecule has 0 aliphatic rings. The number of pyridine rings is 1. The lowest BCUT2D eigenvalue weighted by Crippen LogP contribution is -1.94.